The summed E-state index contributed by atoms with van der Waals surface area (Å²) in [6.45, 7) is 0.0895. The number of alkyl halides is 3. The molecule has 1 spiro atoms. The van der Waals surface area contributed by atoms with Crippen molar-refractivity contribution in [3.8, 4) is 0 Å². The summed E-state index contributed by atoms with van der Waals surface area (Å²) in [6.07, 6.45) is 2.29. The third-order valence-electron chi connectivity index (χ3n) is 6.31. The van der Waals surface area contributed by atoms with E-state index in [1.54, 1.807) is 30.3 Å². The van der Waals surface area contributed by atoms with Gasteiger partial charge in [-0.25, -0.2) is 14.7 Å². The summed E-state index contributed by atoms with van der Waals surface area (Å²) in [6, 6.07) is 16.5. The number of anilines is 2. The summed E-state index contributed by atoms with van der Waals surface area (Å²) in [5, 5.41) is 0. The molecule has 1 aliphatic carbocycles. The molecule has 3 amide bonds. The molecule has 2 fully saturated rings. The Hall–Kier alpha value is -3.62. The van der Waals surface area contributed by atoms with Gasteiger partial charge in [-0.15, -0.1) is 0 Å². The van der Waals surface area contributed by atoms with E-state index >= 15 is 0 Å². The van der Waals surface area contributed by atoms with E-state index in [-0.39, 0.29) is 41.3 Å². The molecule has 2 aromatic carbocycles. The zero-order valence-corrected chi connectivity index (χ0v) is 21.8. The largest absolute Gasteiger partial charge is 0.446 e. The number of halogens is 3. The molecule has 2 heterocycles. The monoisotopic (exact) mass is 577 g/mol. The average molecular weight is 578 g/mol. The van der Waals surface area contributed by atoms with Crippen LogP contribution < -0.4 is 14.3 Å². The number of hydrogen-bond donors (Lipinski definition) is 2. The third-order valence-corrected chi connectivity index (χ3v) is 8.05. The van der Waals surface area contributed by atoms with Crippen LogP contribution in [0.1, 0.15) is 24.0 Å². The van der Waals surface area contributed by atoms with Crippen LogP contribution in [0.15, 0.2) is 77.8 Å². The molecule has 39 heavy (non-hydrogen) atoms. The van der Waals surface area contributed by atoms with Gasteiger partial charge >= 0.3 is 21.7 Å². The van der Waals surface area contributed by atoms with Gasteiger partial charge in [-0.2, -0.15) is 26.3 Å². The van der Waals surface area contributed by atoms with E-state index in [0.717, 1.165) is 10.5 Å². The maximum absolute atomic E-state index is 13.3. The molecule has 0 bridgehead atoms. The highest BCUT2D eigenvalue weighted by molar-refractivity contribution is 8.00. The fourth-order valence-electron chi connectivity index (χ4n) is 4.32. The van der Waals surface area contributed by atoms with Gasteiger partial charge in [-0.05, 0) is 72.1 Å². The molecule has 9 nitrogen and oxygen atoms in total. The van der Waals surface area contributed by atoms with Crippen molar-refractivity contribution < 1.29 is 31.2 Å². The first-order valence-corrected chi connectivity index (χ1v) is 14.0. The minimum Gasteiger partial charge on any atom is -0.305 e. The first-order chi connectivity index (χ1) is 18.5. The molecule has 5 rings (SSSR count). The Morgan fingerprint density at radius 2 is 1.67 bits per heavy atom. The standard InChI is InChI=1S/C25H22F3N5O4S2/c26-25(27,28)38-20-8-6-19(7-9-20)33-22(34)24(11-12-24)32(23(33)35)16-18-10-13-29-21(14-18)31-39(36,37)30-15-17-4-2-1-3-5-17/h1-10,13-14,30H,11-12,15-16H2,(H,29,31). The topological polar surface area (TPSA) is 112 Å². The summed E-state index contributed by atoms with van der Waals surface area (Å²) in [5.74, 6) is -0.408. The summed E-state index contributed by atoms with van der Waals surface area (Å²) in [7, 11) is -3.94. The maximum Gasteiger partial charge on any atom is 0.446 e. The van der Waals surface area contributed by atoms with Gasteiger partial charge < -0.3 is 4.90 Å². The van der Waals surface area contributed by atoms with Crippen molar-refractivity contribution in [3.63, 3.8) is 0 Å². The fourth-order valence-corrected chi connectivity index (χ4v) is 5.67. The highest BCUT2D eigenvalue weighted by Crippen LogP contribution is 2.50. The molecule has 1 saturated carbocycles. The predicted molar refractivity (Wildman–Crippen MR) is 139 cm³/mol. The Kier molecular flexibility index (Phi) is 7.03. The first-order valence-electron chi connectivity index (χ1n) is 11.7. The highest BCUT2D eigenvalue weighted by atomic mass is 32.2. The minimum atomic E-state index is -4.45. The van der Waals surface area contributed by atoms with Crippen molar-refractivity contribution in [2.45, 2.75) is 41.9 Å². The predicted octanol–water partition coefficient (Wildman–Crippen LogP) is 4.64. The second-order valence-electron chi connectivity index (χ2n) is 9.04. The lowest BCUT2D eigenvalue weighted by Crippen LogP contribution is -2.36. The van der Waals surface area contributed by atoms with E-state index < -0.39 is 33.2 Å². The molecule has 1 aliphatic heterocycles. The van der Waals surface area contributed by atoms with Crippen LogP contribution in [0.25, 0.3) is 0 Å². The maximum atomic E-state index is 13.3. The van der Waals surface area contributed by atoms with E-state index in [1.165, 1.54) is 41.4 Å². The van der Waals surface area contributed by atoms with Crippen molar-refractivity contribution >= 4 is 45.4 Å². The molecular formula is C25H22F3N5O4S2. The molecule has 0 unspecified atom stereocenters. The van der Waals surface area contributed by atoms with Crippen LogP contribution in [0.4, 0.5) is 29.5 Å². The quantitative estimate of drug-likeness (QED) is 0.283. The number of thioether (sulfide) groups is 1. The summed E-state index contributed by atoms with van der Waals surface area (Å²) < 4.78 is 67.7. The molecule has 0 atom stereocenters. The number of benzene rings is 2. The summed E-state index contributed by atoms with van der Waals surface area (Å²) >= 11 is -0.283. The normalized spacial score (nSPS) is 16.7. The SMILES string of the molecule is O=C1N(c2ccc(SC(F)(F)F)cc2)C(=O)C2(CC2)N1Cc1ccnc(NS(=O)(=O)NCc2ccccc2)c1. The Morgan fingerprint density at radius 1 is 0.974 bits per heavy atom. The van der Waals surface area contributed by atoms with Gasteiger partial charge in [-0.3, -0.25) is 9.52 Å². The molecule has 204 valence electrons. The van der Waals surface area contributed by atoms with Crippen LogP contribution in [0.5, 0.6) is 0 Å². The average Bonchev–Trinajstić information content (AvgIpc) is 3.65. The van der Waals surface area contributed by atoms with Crippen LogP contribution in [0.3, 0.4) is 0 Å². The number of nitrogens with zero attached hydrogens (tertiary/aromatic N) is 3. The van der Waals surface area contributed by atoms with Crippen molar-refractivity contribution in [1.29, 1.82) is 0 Å². The van der Waals surface area contributed by atoms with E-state index in [2.05, 4.69) is 14.4 Å². The van der Waals surface area contributed by atoms with Gasteiger partial charge in [0.15, 0.2) is 0 Å². The van der Waals surface area contributed by atoms with E-state index in [9.17, 15) is 31.2 Å². The zero-order chi connectivity index (χ0) is 27.8. The lowest BCUT2D eigenvalue weighted by molar-refractivity contribution is -0.120. The van der Waals surface area contributed by atoms with Gasteiger partial charge in [0.05, 0.1) is 5.69 Å². The van der Waals surface area contributed by atoms with E-state index in [4.69, 9.17) is 0 Å². The number of carbonyl (C=O) groups is 2. The van der Waals surface area contributed by atoms with Crippen molar-refractivity contribution in [3.05, 3.63) is 84.1 Å². The van der Waals surface area contributed by atoms with Crippen molar-refractivity contribution in [2.24, 2.45) is 0 Å². The number of pyridine rings is 1. The number of amides is 3. The smallest absolute Gasteiger partial charge is 0.305 e. The van der Waals surface area contributed by atoms with Gasteiger partial charge in [0.25, 0.3) is 5.91 Å². The lowest BCUT2D eigenvalue weighted by Gasteiger charge is -2.21. The van der Waals surface area contributed by atoms with Gasteiger partial charge in [0.2, 0.25) is 0 Å². The third kappa shape index (κ3) is 6.02. The second-order valence-corrected chi connectivity index (χ2v) is 11.7. The number of nitrogens with one attached hydrogen (secondary N) is 2. The van der Waals surface area contributed by atoms with Crippen molar-refractivity contribution in [2.75, 3.05) is 9.62 Å². The van der Waals surface area contributed by atoms with Crippen LogP contribution in [-0.4, -0.2) is 41.3 Å². The molecule has 2 N–H and O–H groups in total. The Bertz CT molecular complexity index is 1500. The van der Waals surface area contributed by atoms with Crippen LogP contribution >= 0.6 is 11.8 Å². The number of rotatable bonds is 9. The van der Waals surface area contributed by atoms with Crippen LogP contribution in [-0.2, 0) is 28.1 Å². The number of carbonyl (C=O) groups excluding carboxylic acids is 2. The Morgan fingerprint density at radius 3 is 2.31 bits per heavy atom. The number of urea groups is 1. The van der Waals surface area contributed by atoms with Gasteiger partial charge in [0.1, 0.15) is 11.4 Å². The highest BCUT2D eigenvalue weighted by Gasteiger charge is 2.65. The molecule has 14 heteroatoms. The van der Waals surface area contributed by atoms with Crippen LogP contribution in [0, 0.1) is 0 Å². The number of hydrogen-bond acceptors (Lipinski definition) is 6. The van der Waals surface area contributed by atoms with Gasteiger partial charge in [0, 0.05) is 24.2 Å². The first kappa shape index (κ1) is 27.0. The number of aromatic nitrogens is 1. The number of imide groups is 1. The Balaban J connectivity index is 1.29. The fraction of sp³-hybridized carbons (Fsp3) is 0.240. The molecular weight excluding hydrogens is 555 g/mol. The molecule has 3 aromatic rings. The summed E-state index contributed by atoms with van der Waals surface area (Å²) in [5.41, 5.74) is -3.99. The molecule has 1 aromatic heterocycles. The second kappa shape index (κ2) is 10.2. The van der Waals surface area contributed by atoms with Crippen molar-refractivity contribution in [1.82, 2.24) is 14.6 Å². The molecule has 1 saturated heterocycles. The lowest BCUT2D eigenvalue weighted by atomic mass is 10.2. The zero-order valence-electron chi connectivity index (χ0n) is 20.2. The molecule has 0 radical (unpaired) electrons. The van der Waals surface area contributed by atoms with Crippen LogP contribution in [0.2, 0.25) is 0 Å². The van der Waals surface area contributed by atoms with Gasteiger partial charge in [-0.1, -0.05) is 30.3 Å². The van der Waals surface area contributed by atoms with E-state index in [0.29, 0.717) is 18.4 Å². The molecule has 2 aliphatic rings. The summed E-state index contributed by atoms with van der Waals surface area (Å²) in [4.78, 5) is 32.9. The minimum absolute atomic E-state index is 0.0117. The Labute approximate surface area is 226 Å². The van der Waals surface area contributed by atoms with E-state index in [1.807, 2.05) is 6.07 Å².